The minimum Gasteiger partial charge on any atom is -0.497 e. The third-order valence-corrected chi connectivity index (χ3v) is 8.57. The molecule has 0 heterocycles. The first-order valence-corrected chi connectivity index (χ1v) is 15.0. The number of aryl methyl sites for hydroxylation is 1. The zero-order valence-electron chi connectivity index (χ0n) is 24.9. The Morgan fingerprint density at radius 2 is 1.48 bits per heavy atom. The number of amides is 2. The molecule has 3 rings (SSSR count). The summed E-state index contributed by atoms with van der Waals surface area (Å²) in [5.74, 6) is 0.370. The third kappa shape index (κ3) is 7.52. The number of hydrogen-bond acceptors (Lipinski definition) is 7. The van der Waals surface area contributed by atoms with E-state index in [-0.39, 0.29) is 28.8 Å². The van der Waals surface area contributed by atoms with Crippen molar-refractivity contribution in [2.75, 3.05) is 38.7 Å². The number of nitrogens with zero attached hydrogens (tertiary/aromatic N) is 2. The zero-order chi connectivity index (χ0) is 30.9. The van der Waals surface area contributed by atoms with Gasteiger partial charge in [-0.05, 0) is 62.2 Å². The molecule has 0 aliphatic rings. The Morgan fingerprint density at radius 1 is 0.857 bits per heavy atom. The molecule has 0 aliphatic heterocycles. The highest BCUT2D eigenvalue weighted by Crippen LogP contribution is 2.36. The molecule has 0 radical (unpaired) electrons. The minimum absolute atomic E-state index is 0.00300. The molecule has 10 nitrogen and oxygen atoms in total. The van der Waals surface area contributed by atoms with Crippen LogP contribution in [0.15, 0.2) is 71.6 Å². The number of benzene rings is 3. The number of likely N-dealkylation sites (N-methyl/N-ethyl adjacent to an activating group) is 1. The molecule has 0 aliphatic carbocycles. The summed E-state index contributed by atoms with van der Waals surface area (Å²) in [5.41, 5.74) is 1.76. The Morgan fingerprint density at radius 3 is 2.02 bits per heavy atom. The molecule has 2 amide bonds. The van der Waals surface area contributed by atoms with E-state index in [1.54, 1.807) is 69.5 Å². The van der Waals surface area contributed by atoms with Crippen LogP contribution in [0.2, 0.25) is 0 Å². The Bertz CT molecular complexity index is 1460. The summed E-state index contributed by atoms with van der Waals surface area (Å²) in [6.07, 6.45) is 0.320. The maximum atomic E-state index is 14.2. The molecule has 1 atom stereocenters. The van der Waals surface area contributed by atoms with Gasteiger partial charge < -0.3 is 24.4 Å². The quantitative estimate of drug-likeness (QED) is 0.297. The normalized spacial score (nSPS) is 11.8. The van der Waals surface area contributed by atoms with E-state index in [1.165, 1.54) is 37.3 Å². The van der Waals surface area contributed by atoms with Crippen molar-refractivity contribution in [1.82, 2.24) is 10.2 Å². The van der Waals surface area contributed by atoms with E-state index in [0.717, 1.165) is 15.4 Å². The number of anilines is 1. The summed E-state index contributed by atoms with van der Waals surface area (Å²) in [5, 5.41) is 2.79. The van der Waals surface area contributed by atoms with Crippen LogP contribution < -0.4 is 23.8 Å². The maximum Gasteiger partial charge on any atom is 0.264 e. The number of rotatable bonds is 14. The summed E-state index contributed by atoms with van der Waals surface area (Å²) in [6, 6.07) is 17.4. The van der Waals surface area contributed by atoms with Crippen molar-refractivity contribution in [3.63, 3.8) is 0 Å². The van der Waals surface area contributed by atoms with E-state index in [0.29, 0.717) is 24.5 Å². The van der Waals surface area contributed by atoms with Gasteiger partial charge in [-0.15, -0.1) is 0 Å². The van der Waals surface area contributed by atoms with Gasteiger partial charge >= 0.3 is 0 Å². The topological polar surface area (TPSA) is 114 Å². The van der Waals surface area contributed by atoms with Gasteiger partial charge in [0.1, 0.15) is 29.8 Å². The van der Waals surface area contributed by atoms with Gasteiger partial charge in [-0.25, -0.2) is 8.42 Å². The highest BCUT2D eigenvalue weighted by atomic mass is 32.2. The van der Waals surface area contributed by atoms with E-state index < -0.39 is 28.5 Å². The first-order valence-electron chi connectivity index (χ1n) is 13.6. The molecule has 0 bridgehead atoms. The average Bonchev–Trinajstić information content (AvgIpc) is 2.99. The molecule has 1 N–H and O–H groups in total. The predicted octanol–water partition coefficient (Wildman–Crippen LogP) is 4.16. The van der Waals surface area contributed by atoms with E-state index in [2.05, 4.69) is 5.32 Å². The van der Waals surface area contributed by atoms with Crippen LogP contribution in [0.1, 0.15) is 31.4 Å². The Hall–Kier alpha value is -4.25. The first-order chi connectivity index (χ1) is 20.1. The smallest absolute Gasteiger partial charge is 0.264 e. The zero-order valence-corrected chi connectivity index (χ0v) is 25.7. The molecule has 0 fully saturated rings. The lowest BCUT2D eigenvalue weighted by Crippen LogP contribution is -2.52. The average molecular weight is 598 g/mol. The Kier molecular flexibility index (Phi) is 11.2. The van der Waals surface area contributed by atoms with Gasteiger partial charge in [-0.2, -0.15) is 0 Å². The van der Waals surface area contributed by atoms with Crippen LogP contribution >= 0.6 is 0 Å². The standard InChI is InChI=1S/C31H39N3O7S/c1-7-27(31(36)32-8-2)33(20-23-11-13-24(39-4)14-12-23)30(35)21-34(28-19-25(40-5)15-18-29(28)41-6)42(37,38)26-16-9-22(3)10-17-26/h9-19,27H,7-8,20-21H2,1-6H3,(H,32,36)/t27-/m0/s1. The molecule has 11 heteroatoms. The van der Waals surface area contributed by atoms with Gasteiger partial charge in [0, 0.05) is 19.2 Å². The number of carbonyl (C=O) groups is 2. The fourth-order valence-corrected chi connectivity index (χ4v) is 5.90. The van der Waals surface area contributed by atoms with Crippen LogP contribution in [0.25, 0.3) is 0 Å². The summed E-state index contributed by atoms with van der Waals surface area (Å²) >= 11 is 0. The van der Waals surface area contributed by atoms with E-state index in [9.17, 15) is 18.0 Å². The number of nitrogens with one attached hydrogen (secondary N) is 1. The van der Waals surface area contributed by atoms with Crippen LogP contribution in [0, 0.1) is 6.92 Å². The monoisotopic (exact) mass is 597 g/mol. The lowest BCUT2D eigenvalue weighted by atomic mass is 10.1. The van der Waals surface area contributed by atoms with Crippen LogP contribution in [0.4, 0.5) is 5.69 Å². The van der Waals surface area contributed by atoms with Crippen molar-refractivity contribution in [2.24, 2.45) is 0 Å². The number of ether oxygens (including phenoxy) is 3. The van der Waals surface area contributed by atoms with Crippen LogP contribution in [-0.2, 0) is 26.2 Å². The lowest BCUT2D eigenvalue weighted by molar-refractivity contribution is -0.140. The second kappa shape index (κ2) is 14.6. The molecule has 0 saturated heterocycles. The molecule has 0 unspecified atom stereocenters. The van der Waals surface area contributed by atoms with Crippen molar-refractivity contribution in [2.45, 2.75) is 44.7 Å². The summed E-state index contributed by atoms with van der Waals surface area (Å²) < 4.78 is 45.4. The highest BCUT2D eigenvalue weighted by molar-refractivity contribution is 7.92. The third-order valence-electron chi connectivity index (χ3n) is 6.79. The number of sulfonamides is 1. The van der Waals surface area contributed by atoms with E-state index in [1.807, 2.05) is 6.92 Å². The molecule has 0 aromatic heterocycles. The van der Waals surface area contributed by atoms with Crippen molar-refractivity contribution in [3.8, 4) is 17.2 Å². The second-order valence-corrected chi connectivity index (χ2v) is 11.4. The summed E-state index contributed by atoms with van der Waals surface area (Å²) in [7, 11) is 0.171. The van der Waals surface area contributed by atoms with Gasteiger partial charge in [0.2, 0.25) is 11.8 Å². The van der Waals surface area contributed by atoms with Gasteiger partial charge in [0.25, 0.3) is 10.0 Å². The van der Waals surface area contributed by atoms with Gasteiger partial charge in [0.05, 0.1) is 31.9 Å². The van der Waals surface area contributed by atoms with Crippen molar-refractivity contribution in [1.29, 1.82) is 0 Å². The van der Waals surface area contributed by atoms with Crippen molar-refractivity contribution < 1.29 is 32.2 Å². The minimum atomic E-state index is -4.27. The van der Waals surface area contributed by atoms with Crippen LogP contribution in [-0.4, -0.2) is 65.6 Å². The molecular formula is C31H39N3O7S. The molecule has 3 aromatic carbocycles. The largest absolute Gasteiger partial charge is 0.497 e. The van der Waals surface area contributed by atoms with E-state index >= 15 is 0 Å². The van der Waals surface area contributed by atoms with Gasteiger partial charge in [-0.1, -0.05) is 36.8 Å². The maximum absolute atomic E-state index is 14.2. The Balaban J connectivity index is 2.14. The number of carbonyl (C=O) groups excluding carboxylic acids is 2. The summed E-state index contributed by atoms with van der Waals surface area (Å²) in [4.78, 5) is 28.7. The molecule has 0 spiro atoms. The molecule has 226 valence electrons. The molecule has 0 saturated carbocycles. The number of hydrogen-bond donors (Lipinski definition) is 1. The van der Waals surface area contributed by atoms with Crippen molar-refractivity contribution in [3.05, 3.63) is 77.9 Å². The molecule has 42 heavy (non-hydrogen) atoms. The fourth-order valence-electron chi connectivity index (χ4n) is 4.48. The summed E-state index contributed by atoms with van der Waals surface area (Å²) in [6.45, 7) is 5.32. The number of methoxy groups -OCH3 is 3. The van der Waals surface area contributed by atoms with Gasteiger partial charge in [-0.3, -0.25) is 13.9 Å². The lowest BCUT2D eigenvalue weighted by Gasteiger charge is -2.33. The van der Waals surface area contributed by atoms with Crippen molar-refractivity contribution >= 4 is 27.5 Å². The molecule has 3 aromatic rings. The molecular weight excluding hydrogens is 558 g/mol. The van der Waals surface area contributed by atoms with Crippen LogP contribution in [0.5, 0.6) is 17.2 Å². The van der Waals surface area contributed by atoms with E-state index in [4.69, 9.17) is 14.2 Å². The highest BCUT2D eigenvalue weighted by Gasteiger charge is 2.35. The van der Waals surface area contributed by atoms with Gasteiger partial charge in [0.15, 0.2) is 0 Å². The first kappa shape index (κ1) is 32.3. The fraction of sp³-hybridized carbons (Fsp3) is 0.355. The predicted molar refractivity (Wildman–Crippen MR) is 162 cm³/mol. The van der Waals surface area contributed by atoms with Crippen LogP contribution in [0.3, 0.4) is 0 Å². The SMILES string of the molecule is CCNC(=O)[C@H](CC)N(Cc1ccc(OC)cc1)C(=O)CN(c1cc(OC)ccc1OC)S(=O)(=O)c1ccc(C)cc1. The Labute approximate surface area is 248 Å². The second-order valence-electron chi connectivity index (χ2n) is 9.55.